The number of fused-ring (bicyclic) bond motifs is 1. The maximum atomic E-state index is 11.8. The van der Waals surface area contributed by atoms with E-state index >= 15 is 0 Å². The van der Waals surface area contributed by atoms with Crippen LogP contribution in [-0.4, -0.2) is 17.9 Å². The number of nitrogens with one attached hydrogen (secondary N) is 2. The van der Waals surface area contributed by atoms with E-state index in [1.165, 1.54) is 0 Å². The molecule has 2 amide bonds. The Hall–Kier alpha value is -0.820. The van der Waals surface area contributed by atoms with E-state index in [-0.39, 0.29) is 11.8 Å². The summed E-state index contributed by atoms with van der Waals surface area (Å²) >= 11 is 7.91. The average molecular weight is 351 g/mol. The lowest BCUT2D eigenvalue weighted by atomic mass is 10.1. The summed E-state index contributed by atoms with van der Waals surface area (Å²) in [4.78, 5) is 23.4. The van der Waals surface area contributed by atoms with Crippen LogP contribution in [0, 0.1) is 3.57 Å². The monoisotopic (exact) mass is 350 g/mol. The van der Waals surface area contributed by atoms with Crippen LogP contribution in [-0.2, 0) is 4.79 Å². The molecule has 0 spiro atoms. The van der Waals surface area contributed by atoms with Gasteiger partial charge in [0.1, 0.15) is 6.04 Å². The first-order valence-corrected chi connectivity index (χ1v) is 6.05. The highest BCUT2D eigenvalue weighted by molar-refractivity contribution is 14.1. The van der Waals surface area contributed by atoms with E-state index in [1.54, 1.807) is 19.1 Å². The fourth-order valence-electron chi connectivity index (χ4n) is 1.45. The van der Waals surface area contributed by atoms with Crippen molar-refractivity contribution in [3.63, 3.8) is 0 Å². The van der Waals surface area contributed by atoms with Gasteiger partial charge in [-0.1, -0.05) is 11.6 Å². The average Bonchev–Trinajstić information content (AvgIpc) is 2.29. The first kappa shape index (κ1) is 11.7. The van der Waals surface area contributed by atoms with E-state index in [9.17, 15) is 9.59 Å². The molecule has 2 N–H and O–H groups in total. The molecule has 0 saturated heterocycles. The maximum absolute atomic E-state index is 11.8. The first-order chi connectivity index (χ1) is 7.49. The summed E-state index contributed by atoms with van der Waals surface area (Å²) in [5.74, 6) is -0.520. The van der Waals surface area contributed by atoms with Gasteiger partial charge in [0.2, 0.25) is 5.91 Å². The normalized spacial score (nSPS) is 19.6. The number of hydrogen-bond acceptors (Lipinski definition) is 2. The Bertz CT molecular complexity index is 490. The summed E-state index contributed by atoms with van der Waals surface area (Å²) < 4.78 is 0.748. The highest BCUT2D eigenvalue weighted by atomic mass is 127. The smallest absolute Gasteiger partial charge is 0.254 e. The third-order valence-electron chi connectivity index (χ3n) is 2.29. The van der Waals surface area contributed by atoms with Crippen LogP contribution in [0.1, 0.15) is 17.3 Å². The molecule has 1 aromatic rings. The van der Waals surface area contributed by atoms with Gasteiger partial charge in [-0.05, 0) is 41.6 Å². The Kier molecular flexibility index (Phi) is 3.07. The number of rotatable bonds is 0. The van der Waals surface area contributed by atoms with Gasteiger partial charge in [-0.3, -0.25) is 9.59 Å². The van der Waals surface area contributed by atoms with Crippen molar-refractivity contribution >= 4 is 51.7 Å². The zero-order valence-corrected chi connectivity index (χ0v) is 11.2. The van der Waals surface area contributed by atoms with Crippen LogP contribution >= 0.6 is 34.2 Å². The fraction of sp³-hybridized carbons (Fsp3) is 0.200. The second kappa shape index (κ2) is 4.21. The van der Waals surface area contributed by atoms with Crippen LogP contribution in [0.2, 0.25) is 5.02 Å². The molecule has 1 aromatic carbocycles. The molecule has 0 bridgehead atoms. The predicted octanol–water partition coefficient (Wildman–Crippen LogP) is 2.02. The Morgan fingerprint density at radius 1 is 1.38 bits per heavy atom. The quantitative estimate of drug-likeness (QED) is 0.703. The summed E-state index contributed by atoms with van der Waals surface area (Å²) in [6, 6.07) is 2.70. The number of halogens is 2. The summed E-state index contributed by atoms with van der Waals surface area (Å²) in [5.41, 5.74) is 0.923. The van der Waals surface area contributed by atoms with Crippen LogP contribution < -0.4 is 10.6 Å². The van der Waals surface area contributed by atoms with E-state index in [2.05, 4.69) is 10.6 Å². The molecule has 0 aromatic heterocycles. The number of amides is 2. The minimum atomic E-state index is -0.547. The lowest BCUT2D eigenvalue weighted by molar-refractivity contribution is -0.117. The Balaban J connectivity index is 2.60. The lowest BCUT2D eigenvalue weighted by Gasteiger charge is -2.08. The Morgan fingerprint density at radius 3 is 2.75 bits per heavy atom. The van der Waals surface area contributed by atoms with E-state index in [1.807, 2.05) is 22.6 Å². The summed E-state index contributed by atoms with van der Waals surface area (Å²) in [6.07, 6.45) is 0. The molecule has 1 heterocycles. The second-order valence-electron chi connectivity index (χ2n) is 3.49. The predicted molar refractivity (Wildman–Crippen MR) is 69.7 cm³/mol. The highest BCUT2D eigenvalue weighted by Gasteiger charge is 2.26. The molecule has 0 aliphatic carbocycles. The van der Waals surface area contributed by atoms with E-state index in [4.69, 9.17) is 11.6 Å². The summed E-state index contributed by atoms with van der Waals surface area (Å²) in [5, 5.41) is 5.77. The van der Waals surface area contributed by atoms with Crippen molar-refractivity contribution in [2.45, 2.75) is 13.0 Å². The van der Waals surface area contributed by atoms with Crippen molar-refractivity contribution in [1.82, 2.24) is 5.32 Å². The molecule has 1 atom stereocenters. The van der Waals surface area contributed by atoms with E-state index < -0.39 is 6.04 Å². The van der Waals surface area contributed by atoms with E-state index in [0.29, 0.717) is 16.3 Å². The van der Waals surface area contributed by atoms with Gasteiger partial charge in [0.05, 0.1) is 11.3 Å². The minimum absolute atomic E-state index is 0.229. The molecular weight excluding hydrogens is 342 g/mol. The van der Waals surface area contributed by atoms with Crippen molar-refractivity contribution < 1.29 is 9.59 Å². The van der Waals surface area contributed by atoms with Crippen LogP contribution in [0.25, 0.3) is 0 Å². The molecule has 1 unspecified atom stereocenters. The van der Waals surface area contributed by atoms with Crippen LogP contribution in [0.15, 0.2) is 12.1 Å². The summed E-state index contributed by atoms with van der Waals surface area (Å²) in [6.45, 7) is 1.63. The maximum Gasteiger partial charge on any atom is 0.254 e. The molecule has 1 aliphatic rings. The lowest BCUT2D eigenvalue weighted by Crippen LogP contribution is -2.38. The molecule has 1 aliphatic heterocycles. The zero-order valence-electron chi connectivity index (χ0n) is 8.30. The van der Waals surface area contributed by atoms with Gasteiger partial charge in [0, 0.05) is 8.59 Å². The molecule has 16 heavy (non-hydrogen) atoms. The second-order valence-corrected chi connectivity index (χ2v) is 5.09. The van der Waals surface area contributed by atoms with Gasteiger partial charge in [-0.15, -0.1) is 0 Å². The first-order valence-electron chi connectivity index (χ1n) is 4.60. The Morgan fingerprint density at radius 2 is 2.06 bits per heavy atom. The van der Waals surface area contributed by atoms with Gasteiger partial charge in [-0.25, -0.2) is 0 Å². The molecule has 0 fully saturated rings. The number of carbonyl (C=O) groups is 2. The van der Waals surface area contributed by atoms with Crippen molar-refractivity contribution in [2.24, 2.45) is 0 Å². The van der Waals surface area contributed by atoms with Gasteiger partial charge in [-0.2, -0.15) is 0 Å². The van der Waals surface area contributed by atoms with Crippen LogP contribution in [0.3, 0.4) is 0 Å². The third-order valence-corrected chi connectivity index (χ3v) is 3.36. The molecule has 0 radical (unpaired) electrons. The molecule has 6 heteroatoms. The van der Waals surface area contributed by atoms with Gasteiger partial charge in [0.15, 0.2) is 0 Å². The number of carbonyl (C=O) groups excluding carboxylic acids is 2. The topological polar surface area (TPSA) is 58.2 Å². The highest BCUT2D eigenvalue weighted by Crippen LogP contribution is 2.28. The standard InChI is InChI=1S/C10H8ClIN2O2/c1-4-9(15)14-8-6(10(16)13-4)2-5(11)3-7(8)12/h2-4H,1H3,(H,13,16)(H,14,15). The fourth-order valence-corrected chi connectivity index (χ4v) is 2.61. The van der Waals surface area contributed by atoms with Gasteiger partial charge < -0.3 is 10.6 Å². The van der Waals surface area contributed by atoms with Crippen LogP contribution in [0.5, 0.6) is 0 Å². The van der Waals surface area contributed by atoms with Crippen molar-refractivity contribution in [3.05, 3.63) is 26.3 Å². The third kappa shape index (κ3) is 2.01. The summed E-state index contributed by atoms with van der Waals surface area (Å²) in [7, 11) is 0. The van der Waals surface area contributed by atoms with Crippen molar-refractivity contribution in [2.75, 3.05) is 5.32 Å². The SMILES string of the molecule is CC1NC(=O)c2cc(Cl)cc(I)c2NC1=O. The molecule has 0 saturated carbocycles. The van der Waals surface area contributed by atoms with Gasteiger partial charge in [0.25, 0.3) is 5.91 Å². The minimum Gasteiger partial charge on any atom is -0.340 e. The zero-order chi connectivity index (χ0) is 11.9. The van der Waals surface area contributed by atoms with Gasteiger partial charge >= 0.3 is 0 Å². The molecule has 84 valence electrons. The van der Waals surface area contributed by atoms with E-state index in [0.717, 1.165) is 3.57 Å². The molecule has 2 rings (SSSR count). The van der Waals surface area contributed by atoms with Crippen molar-refractivity contribution in [1.29, 1.82) is 0 Å². The number of benzene rings is 1. The number of anilines is 1. The number of hydrogen-bond donors (Lipinski definition) is 2. The molecule has 4 nitrogen and oxygen atoms in total. The Labute approximate surface area is 111 Å². The van der Waals surface area contributed by atoms with Crippen molar-refractivity contribution in [3.8, 4) is 0 Å². The van der Waals surface area contributed by atoms with Crippen LogP contribution in [0.4, 0.5) is 5.69 Å². The molecular formula is C10H8ClIN2O2. The largest absolute Gasteiger partial charge is 0.340 e.